The van der Waals surface area contributed by atoms with Crippen molar-refractivity contribution in [3.63, 3.8) is 0 Å². The third-order valence-corrected chi connectivity index (χ3v) is 13.5. The van der Waals surface area contributed by atoms with E-state index in [2.05, 4.69) is 89.3 Å². The summed E-state index contributed by atoms with van der Waals surface area (Å²) < 4.78 is 50.6. The number of alkyl halides is 1. The van der Waals surface area contributed by atoms with E-state index in [-0.39, 0.29) is 10.8 Å². The van der Waals surface area contributed by atoms with Gasteiger partial charge >= 0.3 is 0 Å². The van der Waals surface area contributed by atoms with Crippen LogP contribution in [-0.2, 0) is 30.9 Å². The average Bonchev–Trinajstić information content (AvgIpc) is 3.51. The highest BCUT2D eigenvalue weighted by Gasteiger charge is 2.65. The van der Waals surface area contributed by atoms with E-state index in [1.54, 1.807) is 6.07 Å². The summed E-state index contributed by atoms with van der Waals surface area (Å²) in [5, 5.41) is 4.55. The number of nitrogens with one attached hydrogen (secondary N) is 3. The first-order valence-electron chi connectivity index (χ1n) is 19.0. The van der Waals surface area contributed by atoms with Crippen LogP contribution in [0.5, 0.6) is 0 Å². The second-order valence-electron chi connectivity index (χ2n) is 16.8. The lowest BCUT2D eigenvalue weighted by atomic mass is 9.92. The van der Waals surface area contributed by atoms with Crippen LogP contribution in [0.4, 0.5) is 11.4 Å². The molecule has 288 valence electrons. The molecule has 0 aromatic heterocycles. The molecule has 0 bridgehead atoms. The van der Waals surface area contributed by atoms with Crippen molar-refractivity contribution in [1.29, 1.82) is 0 Å². The number of fused-ring (bicyclic) bond motifs is 2. The number of hydrogen-bond donors (Lipinski definition) is 3. The van der Waals surface area contributed by atoms with Gasteiger partial charge in [0.1, 0.15) is 0 Å². The Morgan fingerprint density at radius 3 is 1.57 bits per heavy atom. The van der Waals surface area contributed by atoms with E-state index in [1.165, 1.54) is 87.1 Å². The normalized spacial score (nSPS) is 27.9. The molecule has 11 heteroatoms. The molecular formula is C40H65BrN4O4S2. The molecule has 8 nitrogen and oxygen atoms in total. The minimum atomic E-state index is -3.22. The number of sulfonamides is 2. The molecule has 0 amide bonds. The van der Waals surface area contributed by atoms with Crippen LogP contribution in [-0.4, -0.2) is 72.3 Å². The quantitative estimate of drug-likeness (QED) is 0.124. The second kappa shape index (κ2) is 17.7. The SMILES string of the molecule is CC(C)CCCCBr.CC(C)CCCCN1CC2C(C1)C2(C)c1cccc(NS(C)(=O)=O)c1.CC1(c2cccc(NS(C)(=O)=O)c2)C2CNCC21. The summed E-state index contributed by atoms with van der Waals surface area (Å²) in [4.78, 5) is 2.62. The monoisotopic (exact) mass is 808 g/mol. The number of unbranched alkanes of at least 4 members (excludes halogenated alkanes) is 2. The Bertz CT molecular complexity index is 1630. The van der Waals surface area contributed by atoms with Crippen LogP contribution >= 0.6 is 15.9 Å². The van der Waals surface area contributed by atoms with Crippen LogP contribution in [0.2, 0.25) is 0 Å². The smallest absolute Gasteiger partial charge is 0.229 e. The summed E-state index contributed by atoms with van der Waals surface area (Å²) in [6, 6.07) is 15.8. The van der Waals surface area contributed by atoms with Gasteiger partial charge in [0.25, 0.3) is 0 Å². The van der Waals surface area contributed by atoms with Crippen LogP contribution < -0.4 is 14.8 Å². The van der Waals surface area contributed by atoms with E-state index >= 15 is 0 Å². The number of anilines is 2. The van der Waals surface area contributed by atoms with E-state index in [9.17, 15) is 16.8 Å². The molecule has 4 aliphatic rings. The average molecular weight is 810 g/mol. The summed E-state index contributed by atoms with van der Waals surface area (Å²) >= 11 is 3.40. The van der Waals surface area contributed by atoms with Crippen molar-refractivity contribution in [2.45, 2.75) is 90.9 Å². The standard InChI is InChI=1S/C20H32N2O2S.C13H18N2O2S.C7H15Br/c1-15(2)8-5-6-11-22-13-18-19(14-22)20(18,3)16-9-7-10-17(12-16)21-25(4,23)24;1-13(11-7-14-8-12(11)13)9-4-3-5-10(6-9)15-18(2,16)17;1-7(2)5-3-4-6-8/h7,9-10,12,15,18-19,21H,5-6,8,11,13-14H2,1-4H3;3-6,11-12,14-15H,7-8H2,1-2H3;7H,3-6H2,1-2H3. The number of hydrogen-bond acceptors (Lipinski definition) is 6. The van der Waals surface area contributed by atoms with Crippen molar-refractivity contribution in [2.75, 3.05) is 60.0 Å². The Balaban J connectivity index is 0.000000195. The predicted octanol–water partition coefficient (Wildman–Crippen LogP) is 8.08. The van der Waals surface area contributed by atoms with Crippen molar-refractivity contribution in [2.24, 2.45) is 35.5 Å². The van der Waals surface area contributed by atoms with Crippen LogP contribution in [0.3, 0.4) is 0 Å². The number of piperidine rings is 2. The van der Waals surface area contributed by atoms with Gasteiger partial charge < -0.3 is 10.2 Å². The first kappa shape index (κ1) is 42.1. The van der Waals surface area contributed by atoms with Crippen molar-refractivity contribution in [3.8, 4) is 0 Å². The molecule has 0 radical (unpaired) electrons. The lowest BCUT2D eigenvalue weighted by Gasteiger charge is -2.25. The summed E-state index contributed by atoms with van der Waals surface area (Å²) in [5.74, 6) is 4.52. The molecule has 2 aromatic carbocycles. The number of rotatable bonds is 15. The molecule has 51 heavy (non-hydrogen) atoms. The zero-order valence-corrected chi connectivity index (χ0v) is 35.6. The third kappa shape index (κ3) is 11.7. The van der Waals surface area contributed by atoms with Crippen LogP contribution in [0, 0.1) is 35.5 Å². The van der Waals surface area contributed by atoms with Gasteiger partial charge in [-0.2, -0.15) is 0 Å². The molecule has 2 heterocycles. The maximum absolute atomic E-state index is 11.5. The zero-order valence-electron chi connectivity index (χ0n) is 32.3. The highest BCUT2D eigenvalue weighted by Crippen LogP contribution is 2.63. The Hall–Kier alpha value is -1.66. The molecule has 2 saturated carbocycles. The van der Waals surface area contributed by atoms with Crippen molar-refractivity contribution >= 4 is 47.4 Å². The Morgan fingerprint density at radius 1 is 0.725 bits per heavy atom. The third-order valence-electron chi connectivity index (χ3n) is 11.7. The van der Waals surface area contributed by atoms with Crippen molar-refractivity contribution in [3.05, 3.63) is 59.7 Å². The minimum Gasteiger partial charge on any atom is -0.316 e. The Morgan fingerprint density at radius 2 is 1.16 bits per heavy atom. The number of benzene rings is 2. The molecule has 2 aliphatic heterocycles. The van der Waals surface area contributed by atoms with E-state index in [0.29, 0.717) is 35.0 Å². The first-order valence-corrected chi connectivity index (χ1v) is 23.9. The van der Waals surface area contributed by atoms with Gasteiger partial charge in [-0.25, -0.2) is 16.8 Å². The van der Waals surface area contributed by atoms with Crippen LogP contribution in [0.15, 0.2) is 48.5 Å². The summed E-state index contributed by atoms with van der Waals surface area (Å²) in [7, 11) is -6.42. The van der Waals surface area contributed by atoms with E-state index in [4.69, 9.17) is 0 Å². The van der Waals surface area contributed by atoms with Crippen molar-refractivity contribution < 1.29 is 16.8 Å². The molecule has 2 aromatic rings. The van der Waals surface area contributed by atoms with Crippen molar-refractivity contribution in [1.82, 2.24) is 10.2 Å². The van der Waals surface area contributed by atoms with E-state index in [1.807, 2.05) is 30.3 Å². The maximum Gasteiger partial charge on any atom is 0.229 e. The van der Waals surface area contributed by atoms with Gasteiger partial charge in [0, 0.05) is 40.6 Å². The lowest BCUT2D eigenvalue weighted by Crippen LogP contribution is -2.30. The van der Waals surface area contributed by atoms with Gasteiger partial charge in [0.2, 0.25) is 20.0 Å². The molecule has 2 saturated heterocycles. The zero-order chi connectivity index (χ0) is 37.6. The number of likely N-dealkylation sites (tertiary alicyclic amines) is 1. The predicted molar refractivity (Wildman–Crippen MR) is 219 cm³/mol. The molecule has 4 unspecified atom stereocenters. The fourth-order valence-corrected chi connectivity index (χ4v) is 10.1. The second-order valence-corrected chi connectivity index (χ2v) is 21.1. The summed E-state index contributed by atoms with van der Waals surface area (Å²) in [6.07, 6.45) is 10.4. The Labute approximate surface area is 318 Å². The molecular weight excluding hydrogens is 745 g/mol. The summed E-state index contributed by atoms with van der Waals surface area (Å²) in [5.41, 5.74) is 4.29. The minimum absolute atomic E-state index is 0.212. The van der Waals surface area contributed by atoms with Crippen LogP contribution in [0.25, 0.3) is 0 Å². The van der Waals surface area contributed by atoms with Gasteiger partial charge in [0.05, 0.1) is 12.5 Å². The molecule has 6 rings (SSSR count). The molecule has 4 fully saturated rings. The van der Waals surface area contributed by atoms with Gasteiger partial charge in [-0.1, -0.05) is 107 Å². The highest BCUT2D eigenvalue weighted by atomic mass is 79.9. The van der Waals surface area contributed by atoms with Gasteiger partial charge in [0.15, 0.2) is 0 Å². The number of halogens is 1. The fraction of sp³-hybridized carbons (Fsp3) is 0.700. The molecule has 2 aliphatic carbocycles. The van der Waals surface area contributed by atoms with Gasteiger partial charge in [-0.05, 0) is 103 Å². The van der Waals surface area contributed by atoms with E-state index < -0.39 is 20.0 Å². The summed E-state index contributed by atoms with van der Waals surface area (Å²) in [6.45, 7) is 19.5. The van der Waals surface area contributed by atoms with Crippen LogP contribution in [0.1, 0.15) is 91.2 Å². The first-order chi connectivity index (χ1) is 23.9. The fourth-order valence-electron chi connectivity index (χ4n) is 8.60. The van der Waals surface area contributed by atoms with Gasteiger partial charge in [-0.15, -0.1) is 0 Å². The Kier molecular flexibility index (Phi) is 14.6. The molecule has 0 spiro atoms. The molecule has 4 atom stereocenters. The highest BCUT2D eigenvalue weighted by molar-refractivity contribution is 9.09. The maximum atomic E-state index is 11.5. The topological polar surface area (TPSA) is 108 Å². The largest absolute Gasteiger partial charge is 0.316 e. The molecule has 3 N–H and O–H groups in total. The lowest BCUT2D eigenvalue weighted by molar-refractivity contribution is 0.269. The van der Waals surface area contributed by atoms with E-state index in [0.717, 1.165) is 24.9 Å². The van der Waals surface area contributed by atoms with Gasteiger partial charge in [-0.3, -0.25) is 9.44 Å². The number of nitrogens with zero attached hydrogens (tertiary/aromatic N) is 1.